The third-order valence-corrected chi connectivity index (χ3v) is 7.19. The summed E-state index contributed by atoms with van der Waals surface area (Å²) in [5, 5.41) is 12.4. The van der Waals surface area contributed by atoms with Gasteiger partial charge < -0.3 is 19.5 Å². The number of fused-ring (bicyclic) bond motifs is 1. The van der Waals surface area contributed by atoms with Crippen molar-refractivity contribution in [3.05, 3.63) is 75.8 Å². The number of nitrogens with zero attached hydrogens (tertiary/aromatic N) is 4. The topological polar surface area (TPSA) is 72.3 Å². The number of aryl methyl sites for hydroxylation is 1. The Labute approximate surface area is 217 Å². The summed E-state index contributed by atoms with van der Waals surface area (Å²) in [6, 6.07) is 10.0. The van der Waals surface area contributed by atoms with Crippen LogP contribution in [-0.2, 0) is 12.7 Å². The van der Waals surface area contributed by atoms with Crippen LogP contribution in [0.25, 0.3) is 0 Å². The molecular formula is C26H27ClF3N5O2. The van der Waals surface area contributed by atoms with E-state index in [1.165, 1.54) is 6.07 Å². The molecular weight excluding hydrogens is 507 g/mol. The van der Waals surface area contributed by atoms with Gasteiger partial charge in [0.2, 0.25) is 0 Å². The number of hydrogen-bond acceptors (Lipinski definition) is 4. The van der Waals surface area contributed by atoms with Gasteiger partial charge in [0.25, 0.3) is 0 Å². The molecule has 2 aromatic carbocycles. The number of rotatable bonds is 4. The van der Waals surface area contributed by atoms with Crippen LogP contribution in [0.3, 0.4) is 0 Å². The molecule has 1 saturated heterocycles. The molecule has 3 aromatic rings. The van der Waals surface area contributed by atoms with Crippen molar-refractivity contribution in [1.29, 1.82) is 0 Å². The van der Waals surface area contributed by atoms with E-state index in [1.54, 1.807) is 4.90 Å². The second kappa shape index (κ2) is 10.2. The average Bonchev–Trinajstić information content (AvgIpc) is 3.43. The van der Waals surface area contributed by atoms with Crippen LogP contribution in [0.5, 0.6) is 5.75 Å². The first-order valence-electron chi connectivity index (χ1n) is 12.3. The van der Waals surface area contributed by atoms with Crippen LogP contribution in [0, 0.1) is 6.92 Å². The quantitative estimate of drug-likeness (QED) is 0.442. The van der Waals surface area contributed by atoms with E-state index in [0.717, 1.165) is 36.4 Å². The maximum Gasteiger partial charge on any atom is 0.416 e. The Hall–Kier alpha value is -3.27. The molecule has 1 fully saturated rings. The van der Waals surface area contributed by atoms with Crippen molar-refractivity contribution in [3.63, 3.8) is 0 Å². The van der Waals surface area contributed by atoms with E-state index >= 15 is 0 Å². The molecule has 3 heterocycles. The Kier molecular flexibility index (Phi) is 7.02. The van der Waals surface area contributed by atoms with Gasteiger partial charge in [-0.25, -0.2) is 4.79 Å². The summed E-state index contributed by atoms with van der Waals surface area (Å²) in [6.07, 6.45) is -1.74. The second-order valence-corrected chi connectivity index (χ2v) is 9.85. The van der Waals surface area contributed by atoms with E-state index in [0.29, 0.717) is 48.9 Å². The minimum absolute atomic E-state index is 0.161. The fourth-order valence-electron chi connectivity index (χ4n) is 5.02. The van der Waals surface area contributed by atoms with E-state index in [2.05, 4.69) is 15.5 Å². The molecule has 2 aliphatic heterocycles. The Morgan fingerprint density at radius 2 is 1.92 bits per heavy atom. The van der Waals surface area contributed by atoms with Crippen molar-refractivity contribution in [1.82, 2.24) is 25.0 Å². The standard InChI is InChI=1S/C26H27ClF3N5O2/c1-16-32-33-24(35(16)15-17-6-9-19(27)10-7-17)22-5-2-12-34(22)25(36)31-21-4-3-13-37-23-14-18(26(28,29)30)8-11-20(21)23/h6-11,14,21-22H,2-5,12-13,15H2,1H3,(H,31,36)/t21?,22-/m1/s1. The maximum atomic E-state index is 13.5. The van der Waals surface area contributed by atoms with Gasteiger partial charge in [-0.2, -0.15) is 13.2 Å². The minimum atomic E-state index is -4.47. The molecule has 2 amide bonds. The van der Waals surface area contributed by atoms with Gasteiger partial charge in [0.1, 0.15) is 11.6 Å². The first kappa shape index (κ1) is 25.4. The van der Waals surface area contributed by atoms with E-state index in [1.807, 2.05) is 35.8 Å². The third-order valence-electron chi connectivity index (χ3n) is 6.94. The molecule has 1 unspecified atom stereocenters. The van der Waals surface area contributed by atoms with Crippen LogP contribution in [-0.4, -0.2) is 38.8 Å². The Morgan fingerprint density at radius 3 is 2.68 bits per heavy atom. The van der Waals surface area contributed by atoms with Crippen molar-refractivity contribution in [2.45, 2.75) is 57.4 Å². The van der Waals surface area contributed by atoms with Crippen molar-refractivity contribution < 1.29 is 22.7 Å². The number of carbonyl (C=O) groups is 1. The lowest BCUT2D eigenvalue weighted by Gasteiger charge is -2.28. The van der Waals surface area contributed by atoms with Crippen molar-refractivity contribution in [2.24, 2.45) is 0 Å². The molecule has 0 radical (unpaired) electrons. The summed E-state index contributed by atoms with van der Waals surface area (Å²) in [4.78, 5) is 15.2. The lowest BCUT2D eigenvalue weighted by Crippen LogP contribution is -2.41. The molecule has 5 rings (SSSR count). The van der Waals surface area contributed by atoms with Gasteiger partial charge in [0.15, 0.2) is 5.82 Å². The van der Waals surface area contributed by atoms with Crippen molar-refractivity contribution >= 4 is 17.6 Å². The number of likely N-dealkylation sites (tertiary alicyclic amines) is 1. The molecule has 7 nitrogen and oxygen atoms in total. The number of carbonyl (C=O) groups excluding carboxylic acids is 1. The summed E-state index contributed by atoms with van der Waals surface area (Å²) in [7, 11) is 0. The third kappa shape index (κ3) is 5.39. The number of hydrogen-bond donors (Lipinski definition) is 1. The summed E-state index contributed by atoms with van der Waals surface area (Å²) in [6.45, 7) is 3.27. The van der Waals surface area contributed by atoms with Gasteiger partial charge in [0, 0.05) is 17.1 Å². The summed E-state index contributed by atoms with van der Waals surface area (Å²) >= 11 is 6.02. The van der Waals surface area contributed by atoms with E-state index in [4.69, 9.17) is 16.3 Å². The van der Waals surface area contributed by atoms with Gasteiger partial charge in [-0.15, -0.1) is 10.2 Å². The number of ether oxygens (including phenoxy) is 1. The minimum Gasteiger partial charge on any atom is -0.493 e. The zero-order valence-electron chi connectivity index (χ0n) is 20.3. The largest absolute Gasteiger partial charge is 0.493 e. The molecule has 0 bridgehead atoms. The molecule has 11 heteroatoms. The van der Waals surface area contributed by atoms with Crippen LogP contribution in [0.1, 0.15) is 66.1 Å². The predicted molar refractivity (Wildman–Crippen MR) is 131 cm³/mol. The zero-order valence-corrected chi connectivity index (χ0v) is 21.0. The highest BCUT2D eigenvalue weighted by Gasteiger charge is 2.36. The molecule has 2 aliphatic rings. The number of urea groups is 1. The van der Waals surface area contributed by atoms with Crippen molar-refractivity contribution in [2.75, 3.05) is 13.2 Å². The molecule has 196 valence electrons. The molecule has 0 aliphatic carbocycles. The average molecular weight is 534 g/mol. The monoisotopic (exact) mass is 533 g/mol. The van der Waals surface area contributed by atoms with E-state index < -0.39 is 17.8 Å². The molecule has 1 N–H and O–H groups in total. The summed E-state index contributed by atoms with van der Waals surface area (Å²) < 4.78 is 47.2. The lowest BCUT2D eigenvalue weighted by atomic mass is 10.0. The van der Waals surface area contributed by atoms with Crippen LogP contribution in [0.2, 0.25) is 5.02 Å². The number of aromatic nitrogens is 3. The number of halogens is 4. The number of alkyl halides is 3. The first-order chi connectivity index (χ1) is 17.7. The molecule has 0 spiro atoms. The maximum absolute atomic E-state index is 13.5. The van der Waals surface area contributed by atoms with Crippen LogP contribution in [0.4, 0.5) is 18.0 Å². The Bertz CT molecular complexity index is 1280. The molecule has 1 aromatic heterocycles. The highest BCUT2D eigenvalue weighted by atomic mass is 35.5. The fourth-order valence-corrected chi connectivity index (χ4v) is 5.15. The fraction of sp³-hybridized carbons (Fsp3) is 0.423. The summed E-state index contributed by atoms with van der Waals surface area (Å²) in [5.41, 5.74) is 0.820. The summed E-state index contributed by atoms with van der Waals surface area (Å²) in [5.74, 6) is 1.61. The molecule has 37 heavy (non-hydrogen) atoms. The van der Waals surface area contributed by atoms with Crippen LogP contribution in [0.15, 0.2) is 42.5 Å². The van der Waals surface area contributed by atoms with Crippen molar-refractivity contribution in [3.8, 4) is 5.75 Å². The Morgan fingerprint density at radius 1 is 1.14 bits per heavy atom. The highest BCUT2D eigenvalue weighted by molar-refractivity contribution is 6.30. The SMILES string of the molecule is Cc1nnc([C@H]2CCCN2C(=O)NC2CCCOc3cc(C(F)(F)F)ccc32)n1Cc1ccc(Cl)cc1. The van der Waals surface area contributed by atoms with Gasteiger partial charge >= 0.3 is 12.2 Å². The zero-order chi connectivity index (χ0) is 26.2. The van der Waals surface area contributed by atoms with Gasteiger partial charge in [-0.05, 0) is 62.4 Å². The molecule has 0 saturated carbocycles. The first-order valence-corrected chi connectivity index (χ1v) is 12.6. The molecule has 2 atom stereocenters. The number of benzene rings is 2. The van der Waals surface area contributed by atoms with Crippen LogP contribution < -0.4 is 10.1 Å². The highest BCUT2D eigenvalue weighted by Crippen LogP contribution is 2.38. The Balaban J connectivity index is 1.36. The van der Waals surface area contributed by atoms with E-state index in [-0.39, 0.29) is 17.8 Å². The second-order valence-electron chi connectivity index (χ2n) is 9.41. The predicted octanol–water partition coefficient (Wildman–Crippen LogP) is 6.07. The van der Waals surface area contributed by atoms with Gasteiger partial charge in [-0.3, -0.25) is 0 Å². The van der Waals surface area contributed by atoms with Crippen LogP contribution >= 0.6 is 11.6 Å². The van der Waals surface area contributed by atoms with Gasteiger partial charge in [0.05, 0.1) is 30.8 Å². The van der Waals surface area contributed by atoms with Gasteiger partial charge in [-0.1, -0.05) is 29.8 Å². The number of nitrogens with one attached hydrogen (secondary N) is 1. The normalized spacial score (nSPS) is 19.8. The smallest absolute Gasteiger partial charge is 0.416 e. The number of amides is 2. The van der Waals surface area contributed by atoms with E-state index in [9.17, 15) is 18.0 Å². The lowest BCUT2D eigenvalue weighted by molar-refractivity contribution is -0.137.